The van der Waals surface area contributed by atoms with Crippen molar-refractivity contribution in [2.24, 2.45) is 0 Å². The van der Waals surface area contributed by atoms with Gasteiger partial charge in [-0.25, -0.2) is 0 Å². The lowest BCUT2D eigenvalue weighted by Crippen LogP contribution is -2.10. The van der Waals surface area contributed by atoms with Gasteiger partial charge in [-0.05, 0) is 0 Å². The lowest BCUT2D eigenvalue weighted by Gasteiger charge is -2.00. The molecule has 0 rings (SSSR count). The molecule has 0 heterocycles. The molecule has 0 aliphatic heterocycles. The second kappa shape index (κ2) is 5.41. The average molecular weight is 229 g/mol. The van der Waals surface area contributed by atoms with Gasteiger partial charge in [0.1, 0.15) is 7.38 Å². The zero-order valence-corrected chi connectivity index (χ0v) is 11.6. The summed E-state index contributed by atoms with van der Waals surface area (Å²) < 4.78 is 0. The molecule has 0 aliphatic carbocycles. The number of rotatable bonds is 1. The van der Waals surface area contributed by atoms with Gasteiger partial charge in [0.25, 0.3) is 0 Å². The Balaban J connectivity index is 0. The molecule has 0 N–H and O–H groups in total. The first kappa shape index (κ1) is 14.3. The molecule has 0 saturated heterocycles. The first-order valence-electron chi connectivity index (χ1n) is 3.57. The van der Waals surface area contributed by atoms with E-state index in [9.17, 15) is 0 Å². The predicted molar refractivity (Wildman–Crippen MR) is 62.7 cm³/mol. The maximum atomic E-state index is 5.74. The molecular formula is C7H18Cl2Si2. The highest BCUT2D eigenvalue weighted by atomic mass is 35.6. The summed E-state index contributed by atoms with van der Waals surface area (Å²) in [5.74, 6) is 0. The Kier molecular flexibility index (Phi) is 7.02. The van der Waals surface area contributed by atoms with Crippen LogP contribution < -0.4 is 0 Å². The van der Waals surface area contributed by atoms with Crippen molar-refractivity contribution in [3.05, 3.63) is 12.3 Å². The molecule has 4 heteroatoms. The van der Waals surface area contributed by atoms with E-state index in [-0.39, 0.29) is 0 Å². The van der Waals surface area contributed by atoms with Crippen molar-refractivity contribution in [2.75, 3.05) is 0 Å². The van der Waals surface area contributed by atoms with Gasteiger partial charge in [0.2, 0.25) is 0 Å². The van der Waals surface area contributed by atoms with E-state index in [0.29, 0.717) is 0 Å². The van der Waals surface area contributed by atoms with Crippen LogP contribution in [-0.4, -0.2) is 14.8 Å². The van der Waals surface area contributed by atoms with E-state index in [1.807, 2.05) is 18.8 Å². The molecule has 0 aromatic heterocycles. The standard InChI is InChI=1S/C4H9ClSi.C3H9ClSi/c1-4-6(2,3)5;1-5(2,3)4/h4H,1H2,2-3H3;1-3H3. The van der Waals surface area contributed by atoms with E-state index < -0.39 is 14.8 Å². The van der Waals surface area contributed by atoms with Crippen LogP contribution in [0.4, 0.5) is 0 Å². The van der Waals surface area contributed by atoms with Gasteiger partial charge >= 0.3 is 0 Å². The molecule has 0 nitrogen and oxygen atoms in total. The lowest BCUT2D eigenvalue weighted by molar-refractivity contribution is 1.87. The van der Waals surface area contributed by atoms with Gasteiger partial charge in [-0.15, -0.1) is 6.58 Å². The van der Waals surface area contributed by atoms with E-state index in [1.54, 1.807) is 0 Å². The Hall–Kier alpha value is 0.754. The van der Waals surface area contributed by atoms with Crippen molar-refractivity contribution >= 4 is 36.9 Å². The van der Waals surface area contributed by atoms with Crippen molar-refractivity contribution in [3.63, 3.8) is 0 Å². The van der Waals surface area contributed by atoms with E-state index >= 15 is 0 Å². The molecule has 0 aromatic carbocycles. The third kappa shape index (κ3) is 58.5. The van der Waals surface area contributed by atoms with E-state index in [4.69, 9.17) is 22.2 Å². The quantitative estimate of drug-likeness (QED) is 0.466. The largest absolute Gasteiger partial charge is 0.173 e. The monoisotopic (exact) mass is 228 g/mol. The minimum absolute atomic E-state index is 1.14. The minimum atomic E-state index is -1.40. The fourth-order valence-corrected chi connectivity index (χ4v) is 0. The van der Waals surface area contributed by atoms with Gasteiger partial charge in [-0.2, -0.15) is 22.2 Å². The minimum Gasteiger partial charge on any atom is -0.168 e. The second-order valence-corrected chi connectivity index (χ2v) is 17.8. The Morgan fingerprint density at radius 3 is 1.09 bits per heavy atom. The molecule has 0 radical (unpaired) electrons. The normalized spacial score (nSPS) is 11.5. The molecule has 0 atom stereocenters. The second-order valence-electron chi connectivity index (χ2n) is 3.84. The molecule has 0 aliphatic rings. The van der Waals surface area contributed by atoms with Crippen LogP contribution in [0.25, 0.3) is 0 Å². The predicted octanol–water partition coefficient (Wildman–Crippen LogP) is 4.22. The Bertz CT molecular complexity index is 105. The fourth-order valence-electron chi connectivity index (χ4n) is 0. The van der Waals surface area contributed by atoms with E-state index in [0.717, 1.165) is 0 Å². The summed E-state index contributed by atoms with van der Waals surface area (Å²) in [5, 5.41) is 0. The van der Waals surface area contributed by atoms with Crippen molar-refractivity contribution in [2.45, 2.75) is 32.7 Å². The highest BCUT2D eigenvalue weighted by Crippen LogP contribution is 2.06. The SMILES string of the molecule is C=C[Si](C)(C)Cl.C[Si](C)(C)Cl. The van der Waals surface area contributed by atoms with Crippen LogP contribution in [0.5, 0.6) is 0 Å². The maximum Gasteiger partial charge on any atom is 0.173 e. The summed E-state index contributed by atoms with van der Waals surface area (Å²) in [6.07, 6.45) is 0. The van der Waals surface area contributed by atoms with Crippen LogP contribution >= 0.6 is 22.2 Å². The average Bonchev–Trinajstić information content (AvgIpc) is 1.59. The third-order valence-corrected chi connectivity index (χ3v) is 1.92. The zero-order valence-electron chi connectivity index (χ0n) is 8.04. The highest BCUT2D eigenvalue weighted by Gasteiger charge is 2.08. The van der Waals surface area contributed by atoms with Crippen molar-refractivity contribution in [1.29, 1.82) is 0 Å². The number of hydrogen-bond donors (Lipinski definition) is 0. The smallest absolute Gasteiger partial charge is 0.168 e. The molecular weight excluding hydrogens is 211 g/mol. The molecule has 0 aromatic rings. The summed E-state index contributed by atoms with van der Waals surface area (Å²) in [4.78, 5) is 0. The fraction of sp³-hybridized carbons (Fsp3) is 0.714. The van der Waals surface area contributed by atoms with Crippen molar-refractivity contribution in [1.82, 2.24) is 0 Å². The van der Waals surface area contributed by atoms with Crippen LogP contribution in [0, 0.1) is 0 Å². The van der Waals surface area contributed by atoms with Crippen LogP contribution in [-0.2, 0) is 0 Å². The summed E-state index contributed by atoms with van der Waals surface area (Å²) in [7, 11) is -2.53. The Morgan fingerprint density at radius 2 is 1.09 bits per heavy atom. The molecule has 0 spiro atoms. The van der Waals surface area contributed by atoms with Crippen LogP contribution in [0.3, 0.4) is 0 Å². The third-order valence-electron chi connectivity index (χ3n) is 0.485. The topological polar surface area (TPSA) is 0 Å². The van der Waals surface area contributed by atoms with Crippen molar-refractivity contribution < 1.29 is 0 Å². The summed E-state index contributed by atoms with van der Waals surface area (Å²) in [6, 6.07) is 0. The molecule has 0 bridgehead atoms. The van der Waals surface area contributed by atoms with Gasteiger partial charge in [0, 0.05) is 0 Å². The van der Waals surface area contributed by atoms with Crippen LogP contribution in [0.2, 0.25) is 32.7 Å². The molecule has 11 heavy (non-hydrogen) atoms. The van der Waals surface area contributed by atoms with Gasteiger partial charge in [0.15, 0.2) is 7.38 Å². The zero-order chi connectivity index (χ0) is 9.71. The van der Waals surface area contributed by atoms with E-state index in [1.165, 1.54) is 0 Å². The molecule has 0 fully saturated rings. The first-order chi connectivity index (χ1) is 4.56. The molecule has 0 saturated carbocycles. The summed E-state index contributed by atoms with van der Waals surface area (Å²) >= 11 is 11.4. The first-order valence-corrected chi connectivity index (χ1v) is 12.2. The van der Waals surface area contributed by atoms with Gasteiger partial charge < -0.3 is 0 Å². The molecule has 0 amide bonds. The Morgan fingerprint density at radius 1 is 1.00 bits per heavy atom. The highest BCUT2D eigenvalue weighted by molar-refractivity contribution is 7.21. The molecule has 0 unspecified atom stereocenters. The summed E-state index contributed by atoms with van der Waals surface area (Å²) in [5.41, 5.74) is 1.84. The van der Waals surface area contributed by atoms with Gasteiger partial charge in [-0.1, -0.05) is 38.4 Å². The number of hydrogen-bond acceptors (Lipinski definition) is 0. The van der Waals surface area contributed by atoms with Gasteiger partial charge in [0.05, 0.1) is 0 Å². The van der Waals surface area contributed by atoms with Crippen LogP contribution in [0.15, 0.2) is 12.3 Å². The van der Waals surface area contributed by atoms with E-state index in [2.05, 4.69) is 26.2 Å². The van der Waals surface area contributed by atoms with Gasteiger partial charge in [-0.3, -0.25) is 0 Å². The number of halogens is 2. The lowest BCUT2D eigenvalue weighted by atomic mass is 11.3. The van der Waals surface area contributed by atoms with Crippen LogP contribution in [0.1, 0.15) is 0 Å². The molecule has 68 valence electrons. The summed E-state index contributed by atoms with van der Waals surface area (Å²) in [6.45, 7) is 13.9. The van der Waals surface area contributed by atoms with Crippen molar-refractivity contribution in [3.8, 4) is 0 Å². The Labute approximate surface area is 82.0 Å². The maximum absolute atomic E-state index is 5.74.